The highest BCUT2D eigenvalue weighted by molar-refractivity contribution is 6.13. The molecular formula is C11H12N2O2. The van der Waals surface area contributed by atoms with Gasteiger partial charge in [0.2, 0.25) is 5.91 Å². The number of nitrogens with one attached hydrogen (secondary N) is 2. The summed E-state index contributed by atoms with van der Waals surface area (Å²) in [6.07, 6.45) is 0. The minimum atomic E-state index is -0.735. The van der Waals surface area contributed by atoms with Crippen molar-refractivity contribution >= 4 is 11.7 Å². The molecule has 15 heavy (non-hydrogen) atoms. The molecule has 4 heteroatoms. The van der Waals surface area contributed by atoms with Crippen LogP contribution in [0.3, 0.4) is 0 Å². The van der Waals surface area contributed by atoms with Crippen LogP contribution >= 0.6 is 0 Å². The molecular weight excluding hydrogens is 192 g/mol. The number of hydrogen-bond acceptors (Lipinski definition) is 3. The van der Waals surface area contributed by atoms with Crippen LogP contribution in [-0.4, -0.2) is 30.8 Å². The molecule has 0 radical (unpaired) electrons. The lowest BCUT2D eigenvalue weighted by Crippen LogP contribution is -2.56. The van der Waals surface area contributed by atoms with Crippen LogP contribution in [0.25, 0.3) is 0 Å². The normalized spacial score (nSPS) is 20.8. The van der Waals surface area contributed by atoms with Crippen LogP contribution in [-0.2, 0) is 4.79 Å². The number of benzene rings is 1. The van der Waals surface area contributed by atoms with Gasteiger partial charge in [-0.3, -0.25) is 14.9 Å². The summed E-state index contributed by atoms with van der Waals surface area (Å²) >= 11 is 0. The Morgan fingerprint density at radius 2 is 1.93 bits per heavy atom. The Morgan fingerprint density at radius 1 is 1.20 bits per heavy atom. The highest BCUT2D eigenvalue weighted by atomic mass is 16.2. The lowest BCUT2D eigenvalue weighted by molar-refractivity contribution is -0.123. The largest absolute Gasteiger partial charge is 0.353 e. The van der Waals surface area contributed by atoms with E-state index in [-0.39, 0.29) is 11.7 Å². The molecule has 2 rings (SSSR count). The Hall–Kier alpha value is -1.68. The molecule has 1 aliphatic rings. The maximum Gasteiger partial charge on any atom is 0.245 e. The van der Waals surface area contributed by atoms with Gasteiger partial charge in [0.05, 0.1) is 0 Å². The van der Waals surface area contributed by atoms with Crippen molar-refractivity contribution in [3.8, 4) is 0 Å². The topological polar surface area (TPSA) is 58.2 Å². The molecule has 0 saturated carbocycles. The van der Waals surface area contributed by atoms with Gasteiger partial charge in [-0.25, -0.2) is 0 Å². The van der Waals surface area contributed by atoms with E-state index in [1.54, 1.807) is 24.3 Å². The zero-order chi connectivity index (χ0) is 10.7. The fourth-order valence-corrected chi connectivity index (χ4v) is 1.58. The first kappa shape index (κ1) is 9.86. The molecule has 0 spiro atoms. The Labute approximate surface area is 87.7 Å². The zero-order valence-corrected chi connectivity index (χ0v) is 8.19. The highest BCUT2D eigenvalue weighted by Gasteiger charge is 2.28. The first-order valence-corrected chi connectivity index (χ1v) is 4.89. The SMILES string of the molecule is O=C1NCCN[C@@H]1C(=O)c1ccccc1. The standard InChI is InChI=1S/C11H12N2O2/c14-10(8-4-2-1-3-5-8)9-11(15)13-7-6-12-9/h1-5,9,12H,6-7H2,(H,13,15)/t9-/m1/s1. The van der Waals surface area contributed by atoms with Crippen molar-refractivity contribution in [3.63, 3.8) is 0 Å². The van der Waals surface area contributed by atoms with Crippen molar-refractivity contribution in [2.45, 2.75) is 6.04 Å². The van der Waals surface area contributed by atoms with Crippen LogP contribution in [0.1, 0.15) is 10.4 Å². The second-order valence-electron chi connectivity index (χ2n) is 3.41. The Balaban J connectivity index is 2.17. The van der Waals surface area contributed by atoms with Gasteiger partial charge in [-0.2, -0.15) is 0 Å². The van der Waals surface area contributed by atoms with Crippen molar-refractivity contribution in [2.75, 3.05) is 13.1 Å². The summed E-state index contributed by atoms with van der Waals surface area (Å²) in [5.74, 6) is -0.414. The molecule has 1 aliphatic heterocycles. The van der Waals surface area contributed by atoms with Crippen LogP contribution in [0, 0.1) is 0 Å². The average molecular weight is 204 g/mol. The van der Waals surface area contributed by atoms with Gasteiger partial charge >= 0.3 is 0 Å². The molecule has 0 bridgehead atoms. The minimum Gasteiger partial charge on any atom is -0.353 e. The van der Waals surface area contributed by atoms with E-state index in [9.17, 15) is 9.59 Å². The maximum atomic E-state index is 11.9. The van der Waals surface area contributed by atoms with Crippen LogP contribution in [0.15, 0.2) is 30.3 Å². The molecule has 1 atom stereocenters. The highest BCUT2D eigenvalue weighted by Crippen LogP contribution is 2.04. The van der Waals surface area contributed by atoms with Crippen molar-refractivity contribution in [1.29, 1.82) is 0 Å². The third-order valence-electron chi connectivity index (χ3n) is 2.36. The fraction of sp³-hybridized carbons (Fsp3) is 0.273. The molecule has 2 N–H and O–H groups in total. The molecule has 0 aromatic heterocycles. The predicted octanol–water partition coefficient (Wildman–Crippen LogP) is -0.0427. The van der Waals surface area contributed by atoms with Gasteiger partial charge in [0.15, 0.2) is 11.8 Å². The maximum absolute atomic E-state index is 11.9. The Kier molecular flexibility index (Phi) is 2.78. The van der Waals surface area contributed by atoms with Gasteiger partial charge in [0, 0.05) is 18.7 Å². The Morgan fingerprint density at radius 3 is 2.60 bits per heavy atom. The molecule has 1 saturated heterocycles. The summed E-state index contributed by atoms with van der Waals surface area (Å²) in [6.45, 7) is 1.21. The van der Waals surface area contributed by atoms with Crippen molar-refractivity contribution < 1.29 is 9.59 Å². The molecule has 1 aromatic carbocycles. The second kappa shape index (κ2) is 4.23. The van der Waals surface area contributed by atoms with Crippen molar-refractivity contribution in [1.82, 2.24) is 10.6 Å². The van der Waals surface area contributed by atoms with Crippen molar-refractivity contribution in [2.24, 2.45) is 0 Å². The summed E-state index contributed by atoms with van der Waals surface area (Å²) in [7, 11) is 0. The minimum absolute atomic E-state index is 0.173. The van der Waals surface area contributed by atoms with E-state index in [1.807, 2.05) is 6.07 Å². The second-order valence-corrected chi connectivity index (χ2v) is 3.41. The average Bonchev–Trinajstić information content (AvgIpc) is 2.30. The van der Waals surface area contributed by atoms with Crippen LogP contribution in [0.4, 0.5) is 0 Å². The van der Waals surface area contributed by atoms with Crippen LogP contribution < -0.4 is 10.6 Å². The van der Waals surface area contributed by atoms with Crippen LogP contribution in [0.5, 0.6) is 0 Å². The number of carbonyl (C=O) groups is 2. The first-order valence-electron chi connectivity index (χ1n) is 4.89. The summed E-state index contributed by atoms with van der Waals surface area (Å²) in [4.78, 5) is 23.3. The third-order valence-corrected chi connectivity index (χ3v) is 2.36. The van der Waals surface area contributed by atoms with Gasteiger partial charge in [-0.15, -0.1) is 0 Å². The quantitative estimate of drug-likeness (QED) is 0.525. The molecule has 4 nitrogen and oxygen atoms in total. The fourth-order valence-electron chi connectivity index (χ4n) is 1.58. The van der Waals surface area contributed by atoms with E-state index >= 15 is 0 Å². The number of piperazine rings is 1. The van der Waals surface area contributed by atoms with Gasteiger partial charge in [0.1, 0.15) is 0 Å². The summed E-state index contributed by atoms with van der Waals surface area (Å²) in [5.41, 5.74) is 0.562. The molecule has 0 aliphatic carbocycles. The number of rotatable bonds is 2. The molecule has 78 valence electrons. The van der Waals surface area contributed by atoms with E-state index in [0.29, 0.717) is 18.7 Å². The van der Waals surface area contributed by atoms with Gasteiger partial charge in [-0.1, -0.05) is 30.3 Å². The first-order chi connectivity index (χ1) is 7.29. The van der Waals surface area contributed by atoms with Gasteiger partial charge in [0.25, 0.3) is 0 Å². The van der Waals surface area contributed by atoms with E-state index < -0.39 is 6.04 Å². The van der Waals surface area contributed by atoms with E-state index in [1.165, 1.54) is 0 Å². The van der Waals surface area contributed by atoms with Crippen LogP contribution in [0.2, 0.25) is 0 Å². The molecule has 0 unspecified atom stereocenters. The van der Waals surface area contributed by atoms with Crippen molar-refractivity contribution in [3.05, 3.63) is 35.9 Å². The van der Waals surface area contributed by atoms with Gasteiger partial charge in [-0.05, 0) is 0 Å². The number of ketones is 1. The molecule has 1 heterocycles. The molecule has 1 aromatic rings. The lowest BCUT2D eigenvalue weighted by atomic mass is 10.0. The number of hydrogen-bond donors (Lipinski definition) is 2. The smallest absolute Gasteiger partial charge is 0.245 e. The number of Topliss-reactive ketones (excluding diaryl/α,β-unsaturated/α-hetero) is 1. The molecule has 1 fully saturated rings. The summed E-state index contributed by atoms with van der Waals surface area (Å²) in [5, 5.41) is 5.57. The van der Waals surface area contributed by atoms with E-state index in [2.05, 4.69) is 10.6 Å². The van der Waals surface area contributed by atoms with Gasteiger partial charge < -0.3 is 5.32 Å². The number of carbonyl (C=O) groups excluding carboxylic acids is 2. The monoisotopic (exact) mass is 204 g/mol. The predicted molar refractivity (Wildman–Crippen MR) is 55.6 cm³/mol. The molecule has 1 amide bonds. The third kappa shape index (κ3) is 2.05. The summed E-state index contributed by atoms with van der Waals surface area (Å²) in [6, 6.07) is 8.10. The van der Waals surface area contributed by atoms with E-state index in [0.717, 1.165) is 0 Å². The summed E-state index contributed by atoms with van der Waals surface area (Å²) < 4.78 is 0. The zero-order valence-electron chi connectivity index (χ0n) is 8.19. The lowest BCUT2D eigenvalue weighted by Gasteiger charge is -2.22. The van der Waals surface area contributed by atoms with E-state index in [4.69, 9.17) is 0 Å². The Bertz CT molecular complexity index is 375. The number of amides is 1.